The number of rotatable bonds is 4. The van der Waals surface area contributed by atoms with Crippen molar-refractivity contribution >= 4 is 5.91 Å². The van der Waals surface area contributed by atoms with Crippen molar-refractivity contribution in [2.75, 3.05) is 26.2 Å². The van der Waals surface area contributed by atoms with Gasteiger partial charge < -0.3 is 10.2 Å². The third-order valence-electron chi connectivity index (χ3n) is 5.06. The Labute approximate surface area is 124 Å². The fourth-order valence-corrected chi connectivity index (χ4v) is 3.67. The maximum atomic E-state index is 12.6. The number of carbonyl (C=O) groups is 1. The first-order chi connectivity index (χ1) is 9.81. The first-order valence-electron chi connectivity index (χ1n) is 8.80. The standard InChI is InChI=1S/C17H32N2O/c1-2-18-14-15-10-12-19(13-11-15)17(20)16-8-6-4-3-5-7-9-16/h15-16,18H,2-14H2,1H3. The molecule has 116 valence electrons. The van der Waals surface area contributed by atoms with Gasteiger partial charge in [-0.05, 0) is 44.7 Å². The lowest BCUT2D eigenvalue weighted by Crippen LogP contribution is -2.43. The highest BCUT2D eigenvalue weighted by Crippen LogP contribution is 2.26. The first-order valence-corrected chi connectivity index (χ1v) is 8.80. The second-order valence-electron chi connectivity index (χ2n) is 6.62. The van der Waals surface area contributed by atoms with Crippen LogP contribution in [0.15, 0.2) is 0 Å². The number of amides is 1. The van der Waals surface area contributed by atoms with Gasteiger partial charge in [0.05, 0.1) is 0 Å². The molecule has 3 nitrogen and oxygen atoms in total. The van der Waals surface area contributed by atoms with Crippen LogP contribution in [0.4, 0.5) is 0 Å². The number of carbonyl (C=O) groups excluding carboxylic acids is 1. The third kappa shape index (κ3) is 4.76. The molecule has 20 heavy (non-hydrogen) atoms. The van der Waals surface area contributed by atoms with Gasteiger partial charge in [-0.15, -0.1) is 0 Å². The zero-order valence-corrected chi connectivity index (χ0v) is 13.2. The van der Waals surface area contributed by atoms with Gasteiger partial charge in [0.25, 0.3) is 0 Å². The van der Waals surface area contributed by atoms with Crippen LogP contribution in [0.1, 0.15) is 64.7 Å². The van der Waals surface area contributed by atoms with Crippen LogP contribution in [0.3, 0.4) is 0 Å². The number of likely N-dealkylation sites (tertiary alicyclic amines) is 1. The summed E-state index contributed by atoms with van der Waals surface area (Å²) in [5.41, 5.74) is 0. The summed E-state index contributed by atoms with van der Waals surface area (Å²) in [5.74, 6) is 1.57. The van der Waals surface area contributed by atoms with Crippen molar-refractivity contribution in [3.63, 3.8) is 0 Å². The van der Waals surface area contributed by atoms with Crippen molar-refractivity contribution in [1.29, 1.82) is 0 Å². The van der Waals surface area contributed by atoms with Crippen molar-refractivity contribution < 1.29 is 4.79 Å². The molecule has 1 aliphatic heterocycles. The van der Waals surface area contributed by atoms with Crippen LogP contribution in [0.25, 0.3) is 0 Å². The molecule has 0 unspecified atom stereocenters. The van der Waals surface area contributed by atoms with E-state index in [1.165, 1.54) is 44.9 Å². The Morgan fingerprint density at radius 3 is 2.20 bits per heavy atom. The van der Waals surface area contributed by atoms with Crippen molar-refractivity contribution in [2.24, 2.45) is 11.8 Å². The molecule has 0 aromatic carbocycles. The van der Waals surface area contributed by atoms with E-state index >= 15 is 0 Å². The van der Waals surface area contributed by atoms with Crippen LogP contribution in [-0.2, 0) is 4.79 Å². The monoisotopic (exact) mass is 280 g/mol. The molecule has 1 saturated carbocycles. The van der Waals surface area contributed by atoms with E-state index in [1.54, 1.807) is 0 Å². The van der Waals surface area contributed by atoms with Gasteiger partial charge in [0.1, 0.15) is 0 Å². The first kappa shape index (κ1) is 15.8. The summed E-state index contributed by atoms with van der Waals surface area (Å²) >= 11 is 0. The molecule has 1 saturated heterocycles. The molecule has 2 rings (SSSR count). The molecule has 2 fully saturated rings. The van der Waals surface area contributed by atoms with Gasteiger partial charge in [0, 0.05) is 19.0 Å². The number of hydrogen-bond acceptors (Lipinski definition) is 2. The molecule has 0 spiro atoms. The minimum atomic E-state index is 0.334. The van der Waals surface area contributed by atoms with Crippen LogP contribution in [0.5, 0.6) is 0 Å². The molecule has 1 N–H and O–H groups in total. The van der Waals surface area contributed by atoms with Gasteiger partial charge >= 0.3 is 0 Å². The van der Waals surface area contributed by atoms with Crippen molar-refractivity contribution in [2.45, 2.75) is 64.7 Å². The highest BCUT2D eigenvalue weighted by molar-refractivity contribution is 5.78. The lowest BCUT2D eigenvalue weighted by Gasteiger charge is -2.34. The summed E-state index contributed by atoms with van der Waals surface area (Å²) in [6.45, 7) is 6.33. The zero-order valence-electron chi connectivity index (χ0n) is 13.2. The van der Waals surface area contributed by atoms with Crippen LogP contribution in [-0.4, -0.2) is 37.0 Å². The van der Waals surface area contributed by atoms with Gasteiger partial charge in [-0.2, -0.15) is 0 Å². The normalized spacial score (nSPS) is 23.4. The molecule has 1 amide bonds. The van der Waals surface area contributed by atoms with E-state index in [-0.39, 0.29) is 0 Å². The van der Waals surface area contributed by atoms with E-state index in [1.807, 2.05) is 0 Å². The second kappa shape index (κ2) is 8.66. The molecular formula is C17H32N2O. The van der Waals surface area contributed by atoms with Gasteiger partial charge in [0.15, 0.2) is 0 Å². The Morgan fingerprint density at radius 2 is 1.60 bits per heavy atom. The van der Waals surface area contributed by atoms with Gasteiger partial charge in [-0.1, -0.05) is 39.0 Å². The van der Waals surface area contributed by atoms with Crippen molar-refractivity contribution in [1.82, 2.24) is 10.2 Å². The predicted octanol–water partition coefficient (Wildman–Crippen LogP) is 3.20. The number of nitrogens with one attached hydrogen (secondary N) is 1. The Kier molecular flexibility index (Phi) is 6.85. The molecule has 1 aliphatic carbocycles. The maximum Gasteiger partial charge on any atom is 0.225 e. The van der Waals surface area contributed by atoms with Crippen LogP contribution >= 0.6 is 0 Å². The molecule has 0 atom stereocenters. The van der Waals surface area contributed by atoms with Crippen LogP contribution in [0.2, 0.25) is 0 Å². The minimum absolute atomic E-state index is 0.334. The highest BCUT2D eigenvalue weighted by Gasteiger charge is 2.27. The number of piperidine rings is 1. The van der Waals surface area contributed by atoms with E-state index in [0.717, 1.165) is 44.9 Å². The maximum absolute atomic E-state index is 12.6. The Balaban J connectivity index is 1.75. The lowest BCUT2D eigenvalue weighted by molar-refractivity contribution is -0.137. The highest BCUT2D eigenvalue weighted by atomic mass is 16.2. The molecule has 0 bridgehead atoms. The summed E-state index contributed by atoms with van der Waals surface area (Å²) in [4.78, 5) is 14.8. The summed E-state index contributed by atoms with van der Waals surface area (Å²) in [5, 5.41) is 3.44. The van der Waals surface area contributed by atoms with Crippen molar-refractivity contribution in [3.8, 4) is 0 Å². The van der Waals surface area contributed by atoms with E-state index in [2.05, 4.69) is 17.1 Å². The lowest BCUT2D eigenvalue weighted by atomic mass is 9.89. The Bertz CT molecular complexity index is 277. The van der Waals surface area contributed by atoms with E-state index in [4.69, 9.17) is 0 Å². The molecule has 1 heterocycles. The quantitative estimate of drug-likeness (QED) is 0.857. The van der Waals surface area contributed by atoms with Gasteiger partial charge in [-0.25, -0.2) is 0 Å². The summed E-state index contributed by atoms with van der Waals surface area (Å²) in [6, 6.07) is 0. The molecule has 2 aliphatic rings. The fourth-order valence-electron chi connectivity index (χ4n) is 3.67. The minimum Gasteiger partial charge on any atom is -0.342 e. The summed E-state index contributed by atoms with van der Waals surface area (Å²) in [6.07, 6.45) is 11.2. The average molecular weight is 280 g/mol. The number of nitrogens with zero attached hydrogens (tertiary/aromatic N) is 1. The van der Waals surface area contributed by atoms with Gasteiger partial charge in [0.2, 0.25) is 5.91 Å². The second-order valence-corrected chi connectivity index (χ2v) is 6.62. The third-order valence-corrected chi connectivity index (χ3v) is 5.06. The largest absolute Gasteiger partial charge is 0.342 e. The zero-order chi connectivity index (χ0) is 14.2. The van der Waals surface area contributed by atoms with Crippen LogP contribution in [0, 0.1) is 11.8 Å². The SMILES string of the molecule is CCNCC1CCN(C(=O)C2CCCCCCC2)CC1. The van der Waals surface area contributed by atoms with E-state index in [9.17, 15) is 4.79 Å². The topological polar surface area (TPSA) is 32.3 Å². The van der Waals surface area contributed by atoms with E-state index < -0.39 is 0 Å². The molecule has 3 heteroatoms. The summed E-state index contributed by atoms with van der Waals surface area (Å²) < 4.78 is 0. The molecule has 0 aromatic heterocycles. The van der Waals surface area contributed by atoms with E-state index in [0.29, 0.717) is 11.8 Å². The number of hydrogen-bond donors (Lipinski definition) is 1. The molecule has 0 radical (unpaired) electrons. The van der Waals surface area contributed by atoms with Crippen LogP contribution < -0.4 is 5.32 Å². The Morgan fingerprint density at radius 1 is 1.00 bits per heavy atom. The smallest absolute Gasteiger partial charge is 0.225 e. The molecule has 0 aromatic rings. The average Bonchev–Trinajstić information content (AvgIpc) is 2.45. The molecular weight excluding hydrogens is 248 g/mol. The predicted molar refractivity (Wildman–Crippen MR) is 83.7 cm³/mol. The fraction of sp³-hybridized carbons (Fsp3) is 0.941. The van der Waals surface area contributed by atoms with Crippen molar-refractivity contribution in [3.05, 3.63) is 0 Å². The summed E-state index contributed by atoms with van der Waals surface area (Å²) in [7, 11) is 0. The Hall–Kier alpha value is -0.570. The van der Waals surface area contributed by atoms with Gasteiger partial charge in [-0.3, -0.25) is 4.79 Å².